The average molecular weight is 967 g/mol. The summed E-state index contributed by atoms with van der Waals surface area (Å²) in [4.78, 5) is 88.2. The molecule has 5 atom stereocenters. The minimum Gasteiger partial charge on any atom is -0.508 e. The van der Waals surface area contributed by atoms with Crippen LogP contribution in [0.4, 0.5) is 20.7 Å². The molecule has 12 rings (SSSR count). The number of pyridine rings is 1. The summed E-state index contributed by atoms with van der Waals surface area (Å²) >= 11 is 0. The van der Waals surface area contributed by atoms with Crippen LogP contribution in [-0.2, 0) is 20.7 Å². The Labute approximate surface area is 408 Å². The summed E-state index contributed by atoms with van der Waals surface area (Å²) in [5.74, 6) is -2.20. The summed E-state index contributed by atoms with van der Waals surface area (Å²) in [7, 11) is 0. The molecule has 3 N–H and O–H groups in total. The summed E-state index contributed by atoms with van der Waals surface area (Å²) in [5, 5.41) is 18.8. The zero-order chi connectivity index (χ0) is 48.7. The maximum Gasteiger partial charge on any atom is 0.409 e. The number of piperidine rings is 1. The number of imide groups is 2. The third-order valence-corrected chi connectivity index (χ3v) is 16.1. The van der Waals surface area contributed by atoms with E-state index in [-0.39, 0.29) is 71.7 Å². The van der Waals surface area contributed by atoms with Gasteiger partial charge in [-0.3, -0.25) is 39.3 Å². The Bertz CT molecular complexity index is 3040. The van der Waals surface area contributed by atoms with Crippen LogP contribution in [0.3, 0.4) is 0 Å². The van der Waals surface area contributed by atoms with Gasteiger partial charge in [0.05, 0.1) is 22.1 Å². The van der Waals surface area contributed by atoms with E-state index >= 15 is 4.39 Å². The number of phenols is 1. The standard InChI is InChI=1S/C52H55FN10O8/c1-2-29-5-3-6-30-21-35(64)23-38(42(29)30)44-43(53)45-39(24-54-44)46(61-25-31-7-8-32(26-61)55-31)58-50(57-45)71-28-52-14-4-16-62(52)34(13-15-52)27-70-51(69)60-19-17-59(18-20-60)33-9-10-36-37(22-33)49(68)63(48(36)67)40-11-12-41(65)56-47(40)66/h3,5-6,9-10,21-24,31-32,34,40,55,64H,2,4,7-8,11-20,25-28H2,1H3,(H,56,65,66)/t31?,32?,34-,40?,52-/m0/s1. The molecule has 3 unspecified atom stereocenters. The predicted molar refractivity (Wildman–Crippen MR) is 259 cm³/mol. The van der Waals surface area contributed by atoms with Gasteiger partial charge in [-0.15, -0.1) is 0 Å². The second-order valence-corrected chi connectivity index (χ2v) is 20.1. The van der Waals surface area contributed by atoms with Crippen molar-refractivity contribution in [2.75, 3.05) is 68.8 Å². The lowest BCUT2D eigenvalue weighted by Crippen LogP contribution is -2.54. The lowest BCUT2D eigenvalue weighted by atomic mass is 9.95. The Hall–Kier alpha value is -6.99. The number of piperazine rings is 2. The molecule has 368 valence electrons. The zero-order valence-electron chi connectivity index (χ0n) is 39.5. The largest absolute Gasteiger partial charge is 0.508 e. The topological polar surface area (TPSA) is 203 Å². The minimum atomic E-state index is -1.04. The van der Waals surface area contributed by atoms with Crippen molar-refractivity contribution >= 4 is 62.9 Å². The molecule has 18 nitrogen and oxygen atoms in total. The monoisotopic (exact) mass is 966 g/mol. The summed E-state index contributed by atoms with van der Waals surface area (Å²) < 4.78 is 29.9. The van der Waals surface area contributed by atoms with Crippen molar-refractivity contribution in [3.8, 4) is 23.0 Å². The van der Waals surface area contributed by atoms with Gasteiger partial charge in [0.2, 0.25) is 11.8 Å². The number of hydrogen-bond acceptors (Lipinski definition) is 15. The van der Waals surface area contributed by atoms with Crippen LogP contribution in [0.2, 0.25) is 0 Å². The van der Waals surface area contributed by atoms with Gasteiger partial charge in [0.25, 0.3) is 11.8 Å². The fraction of sp³-hybridized carbons (Fsp3) is 0.462. The first-order chi connectivity index (χ1) is 34.4. The highest BCUT2D eigenvalue weighted by Crippen LogP contribution is 2.44. The number of fused-ring (bicyclic) bond motifs is 6. The number of phenolic OH excluding ortho intramolecular Hbond substituents is 1. The molecule has 0 saturated carbocycles. The van der Waals surface area contributed by atoms with Gasteiger partial charge >= 0.3 is 12.1 Å². The first-order valence-electron chi connectivity index (χ1n) is 25.0. The number of halogens is 1. The Kier molecular flexibility index (Phi) is 11.3. The van der Waals surface area contributed by atoms with Crippen LogP contribution in [0, 0.1) is 5.82 Å². The van der Waals surface area contributed by atoms with Crippen LogP contribution >= 0.6 is 0 Å². The van der Waals surface area contributed by atoms with Gasteiger partial charge < -0.3 is 34.6 Å². The fourth-order valence-electron chi connectivity index (χ4n) is 12.5. The maximum atomic E-state index is 17.3. The van der Waals surface area contributed by atoms with E-state index in [0.29, 0.717) is 74.5 Å². The Morgan fingerprint density at radius 1 is 0.887 bits per heavy atom. The van der Waals surface area contributed by atoms with Gasteiger partial charge in [-0.05, 0) is 105 Å². The molecular weight excluding hydrogens is 912 g/mol. The number of anilines is 2. The van der Waals surface area contributed by atoms with E-state index in [9.17, 15) is 29.1 Å². The highest BCUT2D eigenvalue weighted by molar-refractivity contribution is 6.23. The molecule has 9 heterocycles. The number of rotatable bonds is 10. The number of nitrogens with zero attached hydrogens (tertiary/aromatic N) is 8. The van der Waals surface area contributed by atoms with Gasteiger partial charge in [0.15, 0.2) is 5.82 Å². The summed E-state index contributed by atoms with van der Waals surface area (Å²) in [6, 6.07) is 13.8. The van der Waals surface area contributed by atoms with Crippen LogP contribution in [0.15, 0.2) is 54.7 Å². The van der Waals surface area contributed by atoms with E-state index in [1.54, 1.807) is 41.4 Å². The van der Waals surface area contributed by atoms with Crippen molar-refractivity contribution in [1.82, 2.24) is 40.3 Å². The van der Waals surface area contributed by atoms with E-state index in [1.807, 2.05) is 30.0 Å². The van der Waals surface area contributed by atoms with Crippen molar-refractivity contribution in [3.05, 3.63) is 77.2 Å². The normalized spacial score (nSPS) is 25.4. The number of benzene rings is 3. The number of aromatic hydroxyl groups is 1. The van der Waals surface area contributed by atoms with Gasteiger partial charge in [0.1, 0.15) is 42.0 Å². The number of carbonyl (C=O) groups excluding carboxylic acids is 5. The van der Waals surface area contributed by atoms with Crippen LogP contribution in [0.5, 0.6) is 11.8 Å². The van der Waals surface area contributed by atoms with Crippen molar-refractivity contribution in [1.29, 1.82) is 0 Å². The fourth-order valence-corrected chi connectivity index (χ4v) is 12.5. The lowest BCUT2D eigenvalue weighted by molar-refractivity contribution is -0.136. The molecule has 7 aliphatic rings. The third-order valence-electron chi connectivity index (χ3n) is 16.1. The van der Waals surface area contributed by atoms with Crippen LogP contribution in [-0.4, -0.2) is 153 Å². The molecule has 6 fully saturated rings. The molecule has 5 amide bonds. The van der Waals surface area contributed by atoms with Gasteiger partial charge in [-0.2, -0.15) is 9.97 Å². The Morgan fingerprint density at radius 2 is 1.69 bits per heavy atom. The maximum absolute atomic E-state index is 17.3. The van der Waals surface area contributed by atoms with E-state index in [2.05, 4.69) is 20.4 Å². The van der Waals surface area contributed by atoms with Gasteiger partial charge in [0, 0.05) is 81.3 Å². The first-order valence-corrected chi connectivity index (χ1v) is 25.0. The molecular formula is C52H55FN10O8. The minimum absolute atomic E-state index is 0.0154. The molecule has 0 aliphatic carbocycles. The molecule has 19 heteroatoms. The summed E-state index contributed by atoms with van der Waals surface area (Å²) in [6.07, 6.45) is 7.67. The Morgan fingerprint density at radius 3 is 2.48 bits per heavy atom. The Balaban J connectivity index is 0.720. The first kappa shape index (κ1) is 45.2. The molecule has 5 aromatic rings. The van der Waals surface area contributed by atoms with Crippen LogP contribution in [0.25, 0.3) is 32.9 Å². The number of ether oxygens (including phenoxy) is 2. The lowest BCUT2D eigenvalue weighted by Gasteiger charge is -2.37. The molecule has 7 aliphatic heterocycles. The summed E-state index contributed by atoms with van der Waals surface area (Å²) in [6.45, 7) is 6.54. The van der Waals surface area contributed by atoms with Crippen molar-refractivity contribution in [2.24, 2.45) is 0 Å². The number of hydrogen-bond donors (Lipinski definition) is 3. The van der Waals surface area contributed by atoms with E-state index in [0.717, 1.165) is 72.0 Å². The smallest absolute Gasteiger partial charge is 0.409 e. The molecule has 2 bridgehead atoms. The molecule has 0 radical (unpaired) electrons. The number of aromatic nitrogens is 3. The molecule has 0 spiro atoms. The third kappa shape index (κ3) is 7.84. The van der Waals surface area contributed by atoms with Gasteiger partial charge in [-0.25, -0.2) is 9.18 Å². The predicted octanol–water partition coefficient (Wildman–Crippen LogP) is 4.93. The summed E-state index contributed by atoms with van der Waals surface area (Å²) in [5.41, 5.74) is 2.54. The van der Waals surface area contributed by atoms with Crippen molar-refractivity contribution < 1.29 is 42.9 Å². The van der Waals surface area contributed by atoms with E-state index in [4.69, 9.17) is 24.4 Å². The van der Waals surface area contributed by atoms with E-state index in [1.165, 1.54) is 0 Å². The number of nitrogens with one attached hydrogen (secondary N) is 2. The average Bonchev–Trinajstić information content (AvgIpc) is 4.12. The van der Waals surface area contributed by atoms with Crippen LogP contribution in [0.1, 0.15) is 84.6 Å². The second kappa shape index (κ2) is 17.7. The molecule has 6 saturated heterocycles. The molecule has 3 aromatic carbocycles. The quantitative estimate of drug-likeness (QED) is 0.159. The zero-order valence-corrected chi connectivity index (χ0v) is 39.5. The number of amides is 5. The second-order valence-electron chi connectivity index (χ2n) is 20.1. The van der Waals surface area contributed by atoms with Crippen LogP contribution < -0.4 is 25.2 Å². The highest BCUT2D eigenvalue weighted by Gasteiger charge is 2.51. The number of aryl methyl sites for hydroxylation is 1. The van der Waals surface area contributed by atoms with Gasteiger partial charge in [-0.1, -0.05) is 25.1 Å². The SMILES string of the molecule is CCc1cccc2cc(O)cc(-c3ncc4c(N5CC6CCC(C5)N6)nc(OC[C@@]56CCCN5[C@H](COC(=O)N5CCN(c7ccc8c(c7)C(=O)N(C7CCC(=O)NC7=O)C8=O)CC5)CC6)nc4c3F)c12. The van der Waals surface area contributed by atoms with Crippen molar-refractivity contribution in [2.45, 2.75) is 94.4 Å². The number of carbonyl (C=O) groups is 5. The molecule has 2 aromatic heterocycles. The highest BCUT2D eigenvalue weighted by atomic mass is 19.1. The molecule has 71 heavy (non-hydrogen) atoms. The van der Waals surface area contributed by atoms with E-state index < -0.39 is 41.6 Å². The van der Waals surface area contributed by atoms with Crippen molar-refractivity contribution in [3.63, 3.8) is 0 Å².